The highest BCUT2D eigenvalue weighted by atomic mass is 31.1. The number of para-hydroxylation sites is 1. The fourth-order valence-electron chi connectivity index (χ4n) is 2.09. The monoisotopic (exact) mass is 230 g/mol. The van der Waals surface area contributed by atoms with Gasteiger partial charge < -0.3 is 4.52 Å². The topological polar surface area (TPSA) is 26.3 Å². The fourth-order valence-corrected chi connectivity index (χ4v) is 3.42. The molecule has 0 aliphatic carbocycles. The number of benzene rings is 2. The summed E-state index contributed by atoms with van der Waals surface area (Å²) in [6.07, 6.45) is 0. The Morgan fingerprint density at radius 3 is 2.62 bits per heavy atom. The summed E-state index contributed by atoms with van der Waals surface area (Å²) in [5, 5.41) is 0.867. The van der Waals surface area contributed by atoms with E-state index in [9.17, 15) is 4.57 Å². The van der Waals surface area contributed by atoms with Crippen molar-refractivity contribution in [1.82, 2.24) is 0 Å². The highest BCUT2D eigenvalue weighted by Gasteiger charge is 2.23. The normalized spacial score (nSPS) is 17.2. The van der Waals surface area contributed by atoms with Crippen LogP contribution in [0.25, 0.3) is 11.1 Å². The zero-order valence-corrected chi connectivity index (χ0v) is 9.86. The van der Waals surface area contributed by atoms with E-state index in [0.717, 1.165) is 27.7 Å². The van der Waals surface area contributed by atoms with Crippen LogP contribution in [0.2, 0.25) is 0 Å². The largest absolute Gasteiger partial charge is 0.441 e. The first-order valence-corrected chi connectivity index (χ1v) is 6.50. The van der Waals surface area contributed by atoms with Crippen LogP contribution in [-0.4, -0.2) is 0 Å². The van der Waals surface area contributed by atoms with Gasteiger partial charge in [0.2, 0.25) is 0 Å². The molecule has 0 radical (unpaired) electrons. The SMILES string of the molecule is Cc1cccc2c1[PH](=O)Oc1ccccc1-2. The van der Waals surface area contributed by atoms with Crippen molar-refractivity contribution < 1.29 is 9.09 Å². The van der Waals surface area contributed by atoms with Crippen LogP contribution in [0.1, 0.15) is 5.56 Å². The molecule has 1 unspecified atom stereocenters. The van der Waals surface area contributed by atoms with Crippen molar-refractivity contribution in [2.24, 2.45) is 0 Å². The van der Waals surface area contributed by atoms with Gasteiger partial charge in [-0.15, -0.1) is 0 Å². The van der Waals surface area contributed by atoms with Crippen LogP contribution in [0.15, 0.2) is 42.5 Å². The van der Waals surface area contributed by atoms with Crippen LogP contribution < -0.4 is 9.83 Å². The Balaban J connectivity index is 2.37. The van der Waals surface area contributed by atoms with Crippen molar-refractivity contribution in [2.45, 2.75) is 6.92 Å². The lowest BCUT2D eigenvalue weighted by Crippen LogP contribution is -2.13. The third-order valence-corrected chi connectivity index (χ3v) is 4.33. The van der Waals surface area contributed by atoms with Crippen LogP contribution in [0.5, 0.6) is 5.75 Å². The molecule has 1 aliphatic heterocycles. The van der Waals surface area contributed by atoms with E-state index in [2.05, 4.69) is 0 Å². The molecule has 80 valence electrons. The Hall–Kier alpha value is -1.53. The van der Waals surface area contributed by atoms with Crippen molar-refractivity contribution in [2.75, 3.05) is 0 Å². The van der Waals surface area contributed by atoms with Crippen LogP contribution >= 0.6 is 8.03 Å². The second-order valence-corrected chi connectivity index (χ2v) is 5.16. The van der Waals surface area contributed by atoms with Crippen LogP contribution in [0.4, 0.5) is 0 Å². The minimum atomic E-state index is -2.14. The molecule has 2 aromatic rings. The van der Waals surface area contributed by atoms with Crippen molar-refractivity contribution >= 4 is 13.3 Å². The van der Waals surface area contributed by atoms with Crippen LogP contribution in [0, 0.1) is 6.92 Å². The Bertz CT molecular complexity index is 590. The molecule has 2 aromatic carbocycles. The van der Waals surface area contributed by atoms with Crippen molar-refractivity contribution in [1.29, 1.82) is 0 Å². The lowest BCUT2D eigenvalue weighted by atomic mass is 10.0. The molecule has 0 N–H and O–H groups in total. The molecule has 2 nitrogen and oxygen atoms in total. The highest BCUT2D eigenvalue weighted by Crippen LogP contribution is 2.42. The summed E-state index contributed by atoms with van der Waals surface area (Å²) >= 11 is 0. The van der Waals surface area contributed by atoms with Gasteiger partial charge in [0.25, 0.3) is 8.03 Å². The van der Waals surface area contributed by atoms with E-state index in [1.54, 1.807) is 0 Å². The molecule has 1 heterocycles. The van der Waals surface area contributed by atoms with Crippen molar-refractivity contribution in [3.8, 4) is 16.9 Å². The first-order chi connectivity index (χ1) is 7.77. The van der Waals surface area contributed by atoms with Crippen molar-refractivity contribution in [3.05, 3.63) is 48.0 Å². The summed E-state index contributed by atoms with van der Waals surface area (Å²) in [5.74, 6) is 0.726. The molecule has 1 aliphatic rings. The molecule has 0 bridgehead atoms. The fraction of sp³-hybridized carbons (Fsp3) is 0.0769. The molecule has 3 heteroatoms. The standard InChI is InChI=1S/C13H11O2P/c1-9-5-4-7-11-10-6-2-3-8-12(10)15-16(14)13(9)11/h2-8,16H,1H3. The predicted octanol–water partition coefficient (Wildman–Crippen LogP) is 3.15. The van der Waals surface area contributed by atoms with E-state index in [1.165, 1.54) is 0 Å². The number of fused-ring (bicyclic) bond motifs is 3. The molecule has 0 saturated carbocycles. The van der Waals surface area contributed by atoms with E-state index < -0.39 is 8.03 Å². The summed E-state index contributed by atoms with van der Waals surface area (Å²) in [6, 6.07) is 13.7. The zero-order chi connectivity index (χ0) is 11.1. The lowest BCUT2D eigenvalue weighted by molar-refractivity contribution is 0.513. The quantitative estimate of drug-likeness (QED) is 0.650. The van der Waals surface area contributed by atoms with Gasteiger partial charge in [-0.25, -0.2) is 0 Å². The van der Waals surface area contributed by atoms with Gasteiger partial charge >= 0.3 is 0 Å². The number of aryl methyl sites for hydroxylation is 1. The van der Waals surface area contributed by atoms with E-state index in [-0.39, 0.29) is 0 Å². The Kier molecular flexibility index (Phi) is 2.12. The van der Waals surface area contributed by atoms with Gasteiger partial charge in [-0.05, 0) is 24.1 Å². The van der Waals surface area contributed by atoms with Gasteiger partial charge in [0, 0.05) is 5.56 Å². The minimum absolute atomic E-state index is 0.726. The molecular weight excluding hydrogens is 219 g/mol. The smallest absolute Gasteiger partial charge is 0.266 e. The van der Waals surface area contributed by atoms with Gasteiger partial charge in [-0.2, -0.15) is 0 Å². The number of hydrogen-bond acceptors (Lipinski definition) is 2. The maximum atomic E-state index is 12.0. The van der Waals surface area contributed by atoms with Crippen LogP contribution in [-0.2, 0) is 4.57 Å². The predicted molar refractivity (Wildman–Crippen MR) is 65.9 cm³/mol. The Morgan fingerprint density at radius 2 is 1.75 bits per heavy atom. The van der Waals surface area contributed by atoms with Gasteiger partial charge in [0.15, 0.2) is 0 Å². The third kappa shape index (κ3) is 1.30. The Morgan fingerprint density at radius 1 is 1.00 bits per heavy atom. The van der Waals surface area contributed by atoms with E-state index >= 15 is 0 Å². The molecular formula is C13H11O2P. The molecule has 0 fully saturated rings. The summed E-state index contributed by atoms with van der Waals surface area (Å²) in [4.78, 5) is 0. The second-order valence-electron chi connectivity index (χ2n) is 3.88. The molecule has 16 heavy (non-hydrogen) atoms. The third-order valence-electron chi connectivity index (χ3n) is 2.86. The van der Waals surface area contributed by atoms with E-state index in [1.807, 2.05) is 49.4 Å². The number of rotatable bonds is 0. The first-order valence-electron chi connectivity index (χ1n) is 5.18. The molecule has 0 aromatic heterocycles. The highest BCUT2D eigenvalue weighted by molar-refractivity contribution is 7.49. The summed E-state index contributed by atoms with van der Waals surface area (Å²) in [5.41, 5.74) is 3.12. The number of hydrogen-bond donors (Lipinski definition) is 0. The molecule has 0 amide bonds. The van der Waals surface area contributed by atoms with Gasteiger partial charge in [-0.1, -0.05) is 36.4 Å². The Labute approximate surface area is 94.8 Å². The molecule has 3 rings (SSSR count). The second kappa shape index (κ2) is 3.50. The summed E-state index contributed by atoms with van der Waals surface area (Å²) in [7, 11) is -2.14. The van der Waals surface area contributed by atoms with E-state index in [4.69, 9.17) is 4.52 Å². The minimum Gasteiger partial charge on any atom is -0.441 e. The summed E-state index contributed by atoms with van der Waals surface area (Å²) < 4.78 is 17.5. The lowest BCUT2D eigenvalue weighted by Gasteiger charge is -2.21. The molecule has 1 atom stereocenters. The maximum absolute atomic E-state index is 12.0. The maximum Gasteiger partial charge on any atom is 0.266 e. The van der Waals surface area contributed by atoms with Crippen molar-refractivity contribution in [3.63, 3.8) is 0 Å². The summed E-state index contributed by atoms with van der Waals surface area (Å²) in [6.45, 7) is 1.97. The van der Waals surface area contributed by atoms with E-state index in [0.29, 0.717) is 0 Å². The zero-order valence-electron chi connectivity index (χ0n) is 8.86. The van der Waals surface area contributed by atoms with Gasteiger partial charge in [0.1, 0.15) is 5.75 Å². The average Bonchev–Trinajstić information content (AvgIpc) is 2.29. The average molecular weight is 230 g/mol. The molecule has 0 saturated heterocycles. The first kappa shape index (κ1) is 9.68. The van der Waals surface area contributed by atoms with Gasteiger partial charge in [0.05, 0.1) is 5.30 Å². The van der Waals surface area contributed by atoms with Crippen LogP contribution in [0.3, 0.4) is 0 Å². The molecule has 0 spiro atoms. The van der Waals surface area contributed by atoms with Gasteiger partial charge in [-0.3, -0.25) is 4.57 Å².